The van der Waals surface area contributed by atoms with Gasteiger partial charge in [0.1, 0.15) is 5.54 Å². The SMILES string of the molecule is COCCOCC(NC1CC1)(C(=O)O)C1CC1. The number of methoxy groups -OCH3 is 1. The van der Waals surface area contributed by atoms with Crippen LogP contribution in [0.4, 0.5) is 0 Å². The lowest BCUT2D eigenvalue weighted by Gasteiger charge is -2.30. The monoisotopic (exact) mass is 243 g/mol. The van der Waals surface area contributed by atoms with Crippen LogP contribution in [0, 0.1) is 5.92 Å². The summed E-state index contributed by atoms with van der Waals surface area (Å²) in [6, 6.07) is 0.373. The van der Waals surface area contributed by atoms with Crippen molar-refractivity contribution in [3.63, 3.8) is 0 Å². The zero-order valence-electron chi connectivity index (χ0n) is 10.3. The van der Waals surface area contributed by atoms with Crippen LogP contribution < -0.4 is 5.32 Å². The maximum atomic E-state index is 11.6. The number of carboxylic acids is 1. The van der Waals surface area contributed by atoms with Gasteiger partial charge in [-0.05, 0) is 31.6 Å². The van der Waals surface area contributed by atoms with Gasteiger partial charge in [0.25, 0.3) is 0 Å². The van der Waals surface area contributed by atoms with E-state index in [1.165, 1.54) is 0 Å². The lowest BCUT2D eigenvalue weighted by Crippen LogP contribution is -2.58. The minimum absolute atomic E-state index is 0.225. The van der Waals surface area contributed by atoms with Crippen LogP contribution in [0.3, 0.4) is 0 Å². The van der Waals surface area contributed by atoms with Crippen LogP contribution in [-0.4, -0.2) is 49.6 Å². The Morgan fingerprint density at radius 3 is 2.53 bits per heavy atom. The Bertz CT molecular complexity index is 276. The largest absolute Gasteiger partial charge is 0.480 e. The number of carbonyl (C=O) groups is 1. The number of hydrogen-bond donors (Lipinski definition) is 2. The molecule has 0 heterocycles. The molecule has 0 amide bonds. The molecule has 0 aromatic heterocycles. The maximum absolute atomic E-state index is 11.6. The molecule has 0 aromatic rings. The van der Waals surface area contributed by atoms with Crippen molar-refractivity contribution in [2.75, 3.05) is 26.9 Å². The van der Waals surface area contributed by atoms with Crippen molar-refractivity contribution in [2.24, 2.45) is 5.92 Å². The van der Waals surface area contributed by atoms with Crippen LogP contribution in [0.15, 0.2) is 0 Å². The molecular formula is C12H21NO4. The molecule has 0 radical (unpaired) electrons. The second-order valence-corrected chi connectivity index (χ2v) is 5.01. The van der Waals surface area contributed by atoms with Crippen LogP contribution in [0.1, 0.15) is 25.7 Å². The Kier molecular flexibility index (Phi) is 4.01. The molecule has 0 saturated heterocycles. The number of nitrogens with one attached hydrogen (secondary N) is 1. The number of carboxylic acid groups (broad SMARTS) is 1. The summed E-state index contributed by atoms with van der Waals surface area (Å²) in [4.78, 5) is 11.6. The van der Waals surface area contributed by atoms with E-state index in [0.717, 1.165) is 25.7 Å². The van der Waals surface area contributed by atoms with Gasteiger partial charge < -0.3 is 14.6 Å². The van der Waals surface area contributed by atoms with Gasteiger partial charge in [-0.15, -0.1) is 0 Å². The van der Waals surface area contributed by atoms with Crippen molar-refractivity contribution < 1.29 is 19.4 Å². The molecule has 2 fully saturated rings. The second-order valence-electron chi connectivity index (χ2n) is 5.01. The Hall–Kier alpha value is -0.650. The van der Waals surface area contributed by atoms with E-state index in [-0.39, 0.29) is 12.5 Å². The van der Waals surface area contributed by atoms with E-state index in [1.54, 1.807) is 7.11 Å². The highest BCUT2D eigenvalue weighted by Gasteiger charge is 2.53. The summed E-state index contributed by atoms with van der Waals surface area (Å²) < 4.78 is 10.4. The summed E-state index contributed by atoms with van der Waals surface area (Å²) in [6.45, 7) is 1.20. The summed E-state index contributed by atoms with van der Waals surface area (Å²) in [5, 5.41) is 12.8. The van der Waals surface area contributed by atoms with Gasteiger partial charge in [-0.1, -0.05) is 0 Å². The maximum Gasteiger partial charge on any atom is 0.326 e. The molecule has 2 rings (SSSR count). The number of ether oxygens (including phenoxy) is 2. The van der Waals surface area contributed by atoms with E-state index < -0.39 is 11.5 Å². The van der Waals surface area contributed by atoms with Crippen LogP contribution in [-0.2, 0) is 14.3 Å². The predicted octanol–water partition coefficient (Wildman–Crippen LogP) is 0.635. The Balaban J connectivity index is 1.91. The molecule has 1 unspecified atom stereocenters. The molecule has 2 aliphatic carbocycles. The first kappa shape index (κ1) is 12.8. The van der Waals surface area contributed by atoms with E-state index in [2.05, 4.69) is 5.32 Å². The minimum Gasteiger partial charge on any atom is -0.480 e. The van der Waals surface area contributed by atoms with Crippen LogP contribution in [0.2, 0.25) is 0 Å². The normalized spacial score (nSPS) is 23.4. The summed E-state index contributed by atoms with van der Waals surface area (Å²) >= 11 is 0. The molecule has 0 aromatic carbocycles. The highest BCUT2D eigenvalue weighted by Crippen LogP contribution is 2.42. The van der Waals surface area contributed by atoms with E-state index in [9.17, 15) is 9.90 Å². The van der Waals surface area contributed by atoms with Crippen LogP contribution in [0.5, 0.6) is 0 Å². The summed E-state index contributed by atoms with van der Waals surface area (Å²) in [6.07, 6.45) is 4.14. The van der Waals surface area contributed by atoms with Crippen molar-refractivity contribution in [3.05, 3.63) is 0 Å². The highest BCUT2D eigenvalue weighted by molar-refractivity contribution is 5.80. The van der Waals surface area contributed by atoms with Crippen molar-refractivity contribution in [2.45, 2.75) is 37.3 Å². The quantitative estimate of drug-likeness (QED) is 0.581. The molecule has 5 heteroatoms. The first-order chi connectivity index (χ1) is 8.19. The van der Waals surface area contributed by atoms with Gasteiger partial charge in [-0.3, -0.25) is 10.1 Å². The fraction of sp³-hybridized carbons (Fsp3) is 0.917. The van der Waals surface area contributed by atoms with Gasteiger partial charge in [0.15, 0.2) is 0 Å². The molecule has 1 atom stereocenters. The zero-order chi connectivity index (χ0) is 12.3. The first-order valence-corrected chi connectivity index (χ1v) is 6.27. The Morgan fingerprint density at radius 2 is 2.06 bits per heavy atom. The third-order valence-electron chi connectivity index (χ3n) is 3.46. The fourth-order valence-corrected chi connectivity index (χ4v) is 2.12. The van der Waals surface area contributed by atoms with E-state index in [4.69, 9.17) is 9.47 Å². The molecule has 2 N–H and O–H groups in total. The first-order valence-electron chi connectivity index (χ1n) is 6.27. The van der Waals surface area contributed by atoms with Gasteiger partial charge >= 0.3 is 5.97 Å². The molecule has 2 saturated carbocycles. The standard InChI is InChI=1S/C12H21NO4/c1-16-6-7-17-8-12(11(14)15,9-2-3-9)13-10-4-5-10/h9-10,13H,2-8H2,1H3,(H,14,15). The van der Waals surface area contributed by atoms with E-state index in [0.29, 0.717) is 19.3 Å². The highest BCUT2D eigenvalue weighted by atomic mass is 16.5. The van der Waals surface area contributed by atoms with Crippen LogP contribution >= 0.6 is 0 Å². The van der Waals surface area contributed by atoms with E-state index >= 15 is 0 Å². The van der Waals surface area contributed by atoms with Crippen molar-refractivity contribution in [3.8, 4) is 0 Å². The topological polar surface area (TPSA) is 67.8 Å². The van der Waals surface area contributed by atoms with Gasteiger partial charge in [-0.25, -0.2) is 0 Å². The third kappa shape index (κ3) is 3.18. The molecule has 0 spiro atoms. The van der Waals surface area contributed by atoms with Gasteiger partial charge in [-0.2, -0.15) is 0 Å². The Labute approximate surface area is 101 Å². The number of aliphatic carboxylic acids is 1. The average molecular weight is 243 g/mol. The molecule has 0 aliphatic heterocycles. The smallest absolute Gasteiger partial charge is 0.326 e. The van der Waals surface area contributed by atoms with Gasteiger partial charge in [0.2, 0.25) is 0 Å². The second kappa shape index (κ2) is 5.33. The fourth-order valence-electron chi connectivity index (χ4n) is 2.12. The molecule has 98 valence electrons. The van der Waals surface area contributed by atoms with Crippen LogP contribution in [0.25, 0.3) is 0 Å². The van der Waals surface area contributed by atoms with Gasteiger partial charge in [0.05, 0.1) is 19.8 Å². The third-order valence-corrected chi connectivity index (χ3v) is 3.46. The summed E-state index contributed by atoms with van der Waals surface area (Å²) in [7, 11) is 1.61. The van der Waals surface area contributed by atoms with Gasteiger partial charge in [0, 0.05) is 13.2 Å². The predicted molar refractivity (Wildman–Crippen MR) is 61.9 cm³/mol. The lowest BCUT2D eigenvalue weighted by molar-refractivity contribution is -0.149. The summed E-state index contributed by atoms with van der Waals surface area (Å²) in [5.41, 5.74) is -0.866. The summed E-state index contributed by atoms with van der Waals surface area (Å²) in [5.74, 6) is -0.549. The number of hydrogen-bond acceptors (Lipinski definition) is 4. The van der Waals surface area contributed by atoms with Crippen molar-refractivity contribution >= 4 is 5.97 Å². The molecule has 5 nitrogen and oxygen atoms in total. The van der Waals surface area contributed by atoms with Crippen molar-refractivity contribution in [1.29, 1.82) is 0 Å². The zero-order valence-corrected chi connectivity index (χ0v) is 10.3. The lowest BCUT2D eigenvalue weighted by atomic mass is 9.94. The molecule has 17 heavy (non-hydrogen) atoms. The Morgan fingerprint density at radius 1 is 1.35 bits per heavy atom. The minimum atomic E-state index is -0.866. The number of rotatable bonds is 9. The van der Waals surface area contributed by atoms with Crippen molar-refractivity contribution in [1.82, 2.24) is 5.32 Å². The van der Waals surface area contributed by atoms with E-state index in [1.807, 2.05) is 0 Å². The molecule has 0 bridgehead atoms. The molecular weight excluding hydrogens is 222 g/mol. The molecule has 2 aliphatic rings. The average Bonchev–Trinajstić information content (AvgIpc) is 3.15.